The van der Waals surface area contributed by atoms with Crippen molar-refractivity contribution < 1.29 is 0 Å². The summed E-state index contributed by atoms with van der Waals surface area (Å²) in [5.74, 6) is 0. The zero-order valence-corrected chi connectivity index (χ0v) is 11.1. The molecule has 0 rings (SSSR count). The first kappa shape index (κ1) is 15.5. The minimum atomic E-state index is 0.918. The van der Waals surface area contributed by atoms with E-state index in [2.05, 4.69) is 38.2 Å². The molecule has 0 heteroatoms. The van der Waals surface area contributed by atoms with Gasteiger partial charge in [-0.25, -0.2) is 0 Å². The molecule has 0 aliphatic carbocycles. The van der Waals surface area contributed by atoms with Crippen LogP contribution in [-0.4, -0.2) is 0 Å². The Labute approximate surface area is 103 Å². The Kier molecular flexibility index (Phi) is 14.0. The molecule has 0 aliphatic heterocycles. The number of hydrogen-bond acceptors (Lipinski definition) is 0. The monoisotopic (exact) mass is 221 g/mol. The van der Waals surface area contributed by atoms with Crippen molar-refractivity contribution in [2.24, 2.45) is 0 Å². The lowest BCUT2D eigenvalue weighted by atomic mass is 10.1. The lowest BCUT2D eigenvalue weighted by molar-refractivity contribution is 0.611. The lowest BCUT2D eigenvalue weighted by Gasteiger charge is -1.97. The summed E-state index contributed by atoms with van der Waals surface area (Å²) in [5, 5.41) is 0. The molecule has 93 valence electrons. The Bertz CT molecular complexity index is 165. The molecule has 1 radical (unpaired) electrons. The van der Waals surface area contributed by atoms with E-state index in [1.165, 1.54) is 57.8 Å². The summed E-state index contributed by atoms with van der Waals surface area (Å²) in [6.45, 7) is 6.04. The molecule has 0 saturated heterocycles. The molecule has 0 aromatic heterocycles. The van der Waals surface area contributed by atoms with Crippen molar-refractivity contribution >= 4 is 0 Å². The first-order valence-corrected chi connectivity index (χ1v) is 7.01. The van der Waals surface area contributed by atoms with Crippen LogP contribution in [0.4, 0.5) is 0 Å². The van der Waals surface area contributed by atoms with Gasteiger partial charge in [0.2, 0.25) is 0 Å². The third-order valence-electron chi connectivity index (χ3n) is 2.72. The predicted molar refractivity (Wildman–Crippen MR) is 75.5 cm³/mol. The summed E-state index contributed by atoms with van der Waals surface area (Å²) in [5.41, 5.74) is 0. The van der Waals surface area contributed by atoms with Gasteiger partial charge < -0.3 is 0 Å². The van der Waals surface area contributed by atoms with Gasteiger partial charge in [-0.15, -0.1) is 0 Å². The molecular formula is C16H29. The number of rotatable bonds is 11. The van der Waals surface area contributed by atoms with Crippen LogP contribution in [0.15, 0.2) is 24.3 Å². The summed E-state index contributed by atoms with van der Waals surface area (Å²) in [6, 6.07) is 0. The van der Waals surface area contributed by atoms with E-state index in [1.807, 2.05) is 0 Å². The van der Waals surface area contributed by atoms with Crippen LogP contribution in [0.1, 0.15) is 71.1 Å². The van der Waals surface area contributed by atoms with E-state index in [0.29, 0.717) is 0 Å². The molecule has 0 unspecified atom stereocenters. The van der Waals surface area contributed by atoms with Crippen LogP contribution in [0.3, 0.4) is 0 Å². The average Bonchev–Trinajstić information content (AvgIpc) is 2.31. The van der Waals surface area contributed by atoms with Crippen LogP contribution in [0.5, 0.6) is 0 Å². The molecule has 0 aromatic carbocycles. The molecule has 0 saturated carbocycles. The number of unbranched alkanes of at least 4 members (excludes halogenated alkanes) is 7. The zero-order chi connectivity index (χ0) is 11.9. The lowest BCUT2D eigenvalue weighted by Crippen LogP contribution is -1.77. The molecule has 0 fully saturated rings. The van der Waals surface area contributed by atoms with E-state index < -0.39 is 0 Å². The first-order valence-electron chi connectivity index (χ1n) is 7.01. The van der Waals surface area contributed by atoms with E-state index in [1.54, 1.807) is 0 Å². The highest BCUT2D eigenvalue weighted by molar-refractivity contribution is 4.88. The largest absolute Gasteiger partial charge is 0.0885 e. The molecule has 0 aromatic rings. The van der Waals surface area contributed by atoms with Gasteiger partial charge in [0.05, 0.1) is 0 Å². The van der Waals surface area contributed by atoms with Gasteiger partial charge in [0, 0.05) is 0 Å². The van der Waals surface area contributed by atoms with Crippen LogP contribution in [0.25, 0.3) is 0 Å². The molecular weight excluding hydrogens is 192 g/mol. The molecule has 16 heavy (non-hydrogen) atoms. The maximum atomic E-state index is 3.77. The highest BCUT2D eigenvalue weighted by Gasteiger charge is 1.87. The summed E-state index contributed by atoms with van der Waals surface area (Å²) < 4.78 is 0. The molecule has 0 aliphatic rings. The second-order valence-electron chi connectivity index (χ2n) is 4.37. The Morgan fingerprint density at radius 2 is 1.25 bits per heavy atom. The van der Waals surface area contributed by atoms with Crippen molar-refractivity contribution in [3.63, 3.8) is 0 Å². The Hall–Kier alpha value is -0.520. The van der Waals surface area contributed by atoms with E-state index in [4.69, 9.17) is 0 Å². The average molecular weight is 221 g/mol. The maximum Gasteiger partial charge on any atom is -0.0316 e. The second-order valence-corrected chi connectivity index (χ2v) is 4.37. The van der Waals surface area contributed by atoms with Gasteiger partial charge in [-0.05, 0) is 39.0 Å². The summed E-state index contributed by atoms with van der Waals surface area (Å²) in [7, 11) is 0. The fourth-order valence-corrected chi connectivity index (χ4v) is 1.71. The van der Waals surface area contributed by atoms with Crippen LogP contribution < -0.4 is 0 Å². The topological polar surface area (TPSA) is 0 Å². The summed E-state index contributed by atoms with van der Waals surface area (Å²) in [6.07, 6.45) is 22.0. The quantitative estimate of drug-likeness (QED) is 0.303. The van der Waals surface area contributed by atoms with Crippen LogP contribution in [-0.2, 0) is 0 Å². The molecule has 0 bridgehead atoms. The molecule has 0 heterocycles. The fraction of sp³-hybridized carbons (Fsp3) is 0.688. The molecule has 0 atom stereocenters. The maximum absolute atomic E-state index is 3.77. The number of hydrogen-bond donors (Lipinski definition) is 0. The van der Waals surface area contributed by atoms with Gasteiger partial charge in [-0.2, -0.15) is 0 Å². The first-order chi connectivity index (χ1) is 7.91. The summed E-state index contributed by atoms with van der Waals surface area (Å²) in [4.78, 5) is 0. The van der Waals surface area contributed by atoms with Crippen molar-refractivity contribution in [2.75, 3.05) is 0 Å². The van der Waals surface area contributed by atoms with E-state index in [-0.39, 0.29) is 0 Å². The van der Waals surface area contributed by atoms with E-state index in [9.17, 15) is 0 Å². The van der Waals surface area contributed by atoms with Crippen molar-refractivity contribution in [1.29, 1.82) is 0 Å². The van der Waals surface area contributed by atoms with Crippen molar-refractivity contribution in [3.05, 3.63) is 31.2 Å². The molecule has 0 N–H and O–H groups in total. The molecule has 0 amide bonds. The van der Waals surface area contributed by atoms with E-state index in [0.717, 1.165) is 6.42 Å². The molecule has 0 spiro atoms. The van der Waals surface area contributed by atoms with Crippen molar-refractivity contribution in [3.8, 4) is 0 Å². The van der Waals surface area contributed by atoms with Gasteiger partial charge in [-0.1, -0.05) is 63.3 Å². The van der Waals surface area contributed by atoms with Crippen LogP contribution in [0, 0.1) is 6.92 Å². The third kappa shape index (κ3) is 13.5. The normalized spacial score (nSPS) is 11.9. The fourth-order valence-electron chi connectivity index (χ4n) is 1.71. The predicted octanol–water partition coefficient (Wildman–Crippen LogP) is 5.85. The Morgan fingerprint density at radius 3 is 1.94 bits per heavy atom. The van der Waals surface area contributed by atoms with Gasteiger partial charge in [0.15, 0.2) is 0 Å². The second kappa shape index (κ2) is 14.5. The van der Waals surface area contributed by atoms with Crippen LogP contribution in [0.2, 0.25) is 0 Å². The van der Waals surface area contributed by atoms with Gasteiger partial charge in [0.25, 0.3) is 0 Å². The zero-order valence-electron chi connectivity index (χ0n) is 11.1. The van der Waals surface area contributed by atoms with Crippen molar-refractivity contribution in [2.45, 2.75) is 71.1 Å². The highest BCUT2D eigenvalue weighted by Crippen LogP contribution is 2.07. The van der Waals surface area contributed by atoms with Gasteiger partial charge in [-0.3, -0.25) is 0 Å². The Morgan fingerprint density at radius 1 is 0.688 bits per heavy atom. The van der Waals surface area contributed by atoms with Crippen LogP contribution >= 0.6 is 0 Å². The Balaban J connectivity index is 3.06. The minimum absolute atomic E-state index is 0.918. The van der Waals surface area contributed by atoms with Gasteiger partial charge in [0.1, 0.15) is 0 Å². The van der Waals surface area contributed by atoms with E-state index >= 15 is 0 Å². The smallest absolute Gasteiger partial charge is 0.0316 e. The summed E-state index contributed by atoms with van der Waals surface area (Å²) >= 11 is 0. The standard InChI is InChI=1S/C16H29/c1-3-5-7-9-11-13-15-16-14-12-10-8-6-4-2/h5,7,13,15H,1,3-4,6,8-12,14,16H2,2H3. The highest BCUT2D eigenvalue weighted by atomic mass is 13.9. The molecule has 0 nitrogen and oxygen atoms in total. The minimum Gasteiger partial charge on any atom is -0.0885 e. The number of allylic oxidation sites excluding steroid dienone is 4. The van der Waals surface area contributed by atoms with Gasteiger partial charge >= 0.3 is 0 Å². The third-order valence-corrected chi connectivity index (χ3v) is 2.72. The SMILES string of the molecule is [CH2]CC=CCCC=CCCCCCCCC. The van der Waals surface area contributed by atoms with Crippen molar-refractivity contribution in [1.82, 2.24) is 0 Å².